The van der Waals surface area contributed by atoms with E-state index in [2.05, 4.69) is 31.7 Å². The first kappa shape index (κ1) is 20.8. The molecule has 176 valence electrons. The number of aromatic nitrogens is 3. The number of pyridine rings is 1. The maximum absolute atomic E-state index is 13.8. The van der Waals surface area contributed by atoms with Gasteiger partial charge in [-0.3, -0.25) is 14.9 Å². The van der Waals surface area contributed by atoms with Gasteiger partial charge in [-0.05, 0) is 67.1 Å². The average Bonchev–Trinajstić information content (AvgIpc) is 3.70. The highest BCUT2D eigenvalue weighted by Gasteiger charge is 2.69. The molecular weight excluding hydrogens is 452 g/mol. The van der Waals surface area contributed by atoms with Crippen LogP contribution in [0.4, 0.5) is 5.69 Å². The standard InChI is InChI=1S/C28H22N6O2/c29-12-16-1-3-17(4-2-16)19-9-21(14-30-13-19)26-25-18-5-6-22(10-18)28(25,36-34-26)27(35)32-23-7-8-24-20(11-23)15-31-33-24/h1-4,7-9,11,13-15,18,22,25H,5-6,10H2,(H,31,33)(H,32,35)/t18-,22+,25-,28-/m1/s1. The van der Waals surface area contributed by atoms with Crippen molar-refractivity contribution in [1.29, 1.82) is 5.26 Å². The summed E-state index contributed by atoms with van der Waals surface area (Å²) in [6.07, 6.45) is 8.32. The van der Waals surface area contributed by atoms with Gasteiger partial charge in [0.1, 0.15) is 0 Å². The number of hydrogen-bond acceptors (Lipinski definition) is 6. The van der Waals surface area contributed by atoms with Crippen molar-refractivity contribution in [3.05, 3.63) is 78.2 Å². The van der Waals surface area contributed by atoms with Gasteiger partial charge in [0.2, 0.25) is 5.60 Å². The Labute approximate surface area is 207 Å². The van der Waals surface area contributed by atoms with Crippen LogP contribution in [0.5, 0.6) is 0 Å². The van der Waals surface area contributed by atoms with Crippen LogP contribution in [0.1, 0.15) is 30.4 Å². The van der Waals surface area contributed by atoms with Crippen molar-refractivity contribution in [3.63, 3.8) is 0 Å². The Morgan fingerprint density at radius 2 is 1.92 bits per heavy atom. The zero-order valence-electron chi connectivity index (χ0n) is 19.3. The van der Waals surface area contributed by atoms with Gasteiger partial charge in [0.15, 0.2) is 0 Å². The van der Waals surface area contributed by atoms with E-state index in [4.69, 9.17) is 10.1 Å². The molecule has 1 amide bonds. The minimum absolute atomic E-state index is 0.119. The van der Waals surface area contributed by atoms with E-state index in [0.29, 0.717) is 17.2 Å². The zero-order valence-corrected chi connectivity index (χ0v) is 19.3. The Morgan fingerprint density at radius 1 is 1.06 bits per heavy atom. The Balaban J connectivity index is 1.21. The number of nitrogens with one attached hydrogen (secondary N) is 2. The van der Waals surface area contributed by atoms with Gasteiger partial charge in [0.25, 0.3) is 5.91 Å². The molecule has 0 spiro atoms. The summed E-state index contributed by atoms with van der Waals surface area (Å²) >= 11 is 0. The summed E-state index contributed by atoms with van der Waals surface area (Å²) in [5, 5.41) is 24.7. The zero-order chi connectivity index (χ0) is 24.3. The number of aromatic amines is 1. The van der Waals surface area contributed by atoms with E-state index in [1.54, 1.807) is 30.7 Å². The van der Waals surface area contributed by atoms with E-state index < -0.39 is 5.60 Å². The van der Waals surface area contributed by atoms with Gasteiger partial charge in [0, 0.05) is 40.5 Å². The number of H-pyrrole nitrogens is 1. The number of nitriles is 1. The summed E-state index contributed by atoms with van der Waals surface area (Å²) in [7, 11) is 0. The van der Waals surface area contributed by atoms with Gasteiger partial charge in [-0.15, -0.1) is 0 Å². The van der Waals surface area contributed by atoms with Crippen LogP contribution in [-0.4, -0.2) is 32.4 Å². The van der Waals surface area contributed by atoms with Crippen molar-refractivity contribution in [3.8, 4) is 17.2 Å². The quantitative estimate of drug-likeness (QED) is 0.446. The van der Waals surface area contributed by atoms with Gasteiger partial charge in [0.05, 0.1) is 35.0 Å². The van der Waals surface area contributed by atoms with E-state index in [9.17, 15) is 4.79 Å². The monoisotopic (exact) mass is 474 g/mol. The van der Waals surface area contributed by atoms with Crippen molar-refractivity contribution in [2.75, 3.05) is 5.32 Å². The molecule has 1 aliphatic heterocycles. The lowest BCUT2D eigenvalue weighted by Crippen LogP contribution is -2.53. The fourth-order valence-electron chi connectivity index (χ4n) is 6.38. The van der Waals surface area contributed by atoms with E-state index in [1.165, 1.54) is 0 Å². The van der Waals surface area contributed by atoms with Crippen molar-refractivity contribution >= 4 is 28.2 Å². The maximum atomic E-state index is 13.8. The number of anilines is 1. The molecule has 2 aromatic heterocycles. The highest BCUT2D eigenvalue weighted by atomic mass is 16.7. The average molecular weight is 475 g/mol. The second-order valence-electron chi connectivity index (χ2n) is 9.89. The predicted octanol–water partition coefficient (Wildman–Crippen LogP) is 4.65. The SMILES string of the molecule is N#Cc1ccc(-c2cncc(C3=NO[C@]4(C(=O)Nc5ccc6[nH]ncc6c5)[C@H]5CC[C@H](C5)[C@H]34)c2)cc1. The Bertz CT molecular complexity index is 1580. The molecule has 8 nitrogen and oxygen atoms in total. The van der Waals surface area contributed by atoms with Crippen LogP contribution in [0, 0.1) is 29.1 Å². The second-order valence-corrected chi connectivity index (χ2v) is 9.89. The molecule has 0 radical (unpaired) electrons. The van der Waals surface area contributed by atoms with Gasteiger partial charge in [-0.1, -0.05) is 17.3 Å². The summed E-state index contributed by atoms with van der Waals surface area (Å²) in [5.74, 6) is 0.211. The largest absolute Gasteiger partial charge is 0.378 e. The molecule has 0 saturated heterocycles. The van der Waals surface area contributed by atoms with E-state index >= 15 is 0 Å². The molecule has 0 unspecified atom stereocenters. The third kappa shape index (κ3) is 2.99. The first-order valence-electron chi connectivity index (χ1n) is 12.1. The lowest BCUT2D eigenvalue weighted by Gasteiger charge is -2.35. The van der Waals surface area contributed by atoms with Crippen molar-refractivity contribution in [1.82, 2.24) is 15.2 Å². The predicted molar refractivity (Wildman–Crippen MR) is 134 cm³/mol. The summed E-state index contributed by atoms with van der Waals surface area (Å²) in [6, 6.07) is 17.3. The molecule has 3 aliphatic rings. The molecule has 4 aromatic rings. The van der Waals surface area contributed by atoms with E-state index in [-0.39, 0.29) is 17.7 Å². The third-order valence-corrected chi connectivity index (χ3v) is 8.04. The topological polar surface area (TPSA) is 116 Å². The van der Waals surface area contributed by atoms with Crippen LogP contribution >= 0.6 is 0 Å². The second kappa shape index (κ2) is 7.75. The highest BCUT2D eigenvalue weighted by Crippen LogP contribution is 2.60. The van der Waals surface area contributed by atoms with Gasteiger partial charge in [-0.2, -0.15) is 10.4 Å². The van der Waals surface area contributed by atoms with Crippen LogP contribution in [-0.2, 0) is 9.63 Å². The van der Waals surface area contributed by atoms with Crippen molar-refractivity contribution in [2.24, 2.45) is 22.9 Å². The number of nitrogens with zero attached hydrogens (tertiary/aromatic N) is 4. The number of rotatable bonds is 4. The molecule has 2 aromatic carbocycles. The molecular formula is C28H22N6O2. The van der Waals surface area contributed by atoms with E-state index in [0.717, 1.165) is 52.6 Å². The van der Waals surface area contributed by atoms with Crippen molar-refractivity contribution in [2.45, 2.75) is 24.9 Å². The molecule has 3 heterocycles. The summed E-state index contributed by atoms with van der Waals surface area (Å²) in [6.45, 7) is 0. The lowest BCUT2D eigenvalue weighted by atomic mass is 9.71. The Kier molecular flexibility index (Phi) is 4.48. The van der Waals surface area contributed by atoms with E-state index in [1.807, 2.05) is 36.4 Å². The summed E-state index contributed by atoms with van der Waals surface area (Å²) in [4.78, 5) is 24.4. The maximum Gasteiger partial charge on any atom is 0.272 e. The fourth-order valence-corrected chi connectivity index (χ4v) is 6.38. The summed E-state index contributed by atoms with van der Waals surface area (Å²) in [5.41, 5.74) is 4.80. The first-order chi connectivity index (χ1) is 17.7. The first-order valence-corrected chi connectivity index (χ1v) is 12.1. The number of benzene rings is 2. The molecule has 4 atom stereocenters. The van der Waals surface area contributed by atoms with Crippen LogP contribution in [0.3, 0.4) is 0 Å². The van der Waals surface area contributed by atoms with Crippen molar-refractivity contribution < 1.29 is 9.63 Å². The molecule has 7 rings (SSSR count). The van der Waals surface area contributed by atoms with Gasteiger partial charge >= 0.3 is 0 Å². The van der Waals surface area contributed by atoms with Gasteiger partial charge < -0.3 is 10.2 Å². The van der Waals surface area contributed by atoms with Crippen LogP contribution < -0.4 is 5.32 Å². The van der Waals surface area contributed by atoms with Crippen LogP contribution in [0.2, 0.25) is 0 Å². The molecule has 2 N–H and O–H groups in total. The number of carbonyl (C=O) groups excluding carboxylic acids is 1. The smallest absolute Gasteiger partial charge is 0.272 e. The highest BCUT2D eigenvalue weighted by molar-refractivity contribution is 6.11. The van der Waals surface area contributed by atoms with Crippen LogP contribution in [0.25, 0.3) is 22.0 Å². The Hall–Kier alpha value is -4.51. The third-order valence-electron chi connectivity index (χ3n) is 8.04. The fraction of sp³-hybridized carbons (Fsp3) is 0.250. The number of carbonyl (C=O) groups is 1. The normalized spacial score (nSPS) is 25.8. The minimum Gasteiger partial charge on any atom is -0.378 e. The minimum atomic E-state index is -1.01. The number of amides is 1. The molecule has 36 heavy (non-hydrogen) atoms. The van der Waals surface area contributed by atoms with Crippen LogP contribution in [0.15, 0.2) is 72.3 Å². The lowest BCUT2D eigenvalue weighted by molar-refractivity contribution is -0.149. The number of hydrogen-bond donors (Lipinski definition) is 2. The number of oxime groups is 1. The molecule has 2 saturated carbocycles. The summed E-state index contributed by atoms with van der Waals surface area (Å²) < 4.78 is 0. The molecule has 2 aliphatic carbocycles. The van der Waals surface area contributed by atoms with Gasteiger partial charge in [-0.25, -0.2) is 0 Å². The number of fused-ring (bicyclic) bond motifs is 6. The molecule has 2 fully saturated rings. The Morgan fingerprint density at radius 3 is 2.78 bits per heavy atom. The molecule has 8 heteroatoms. The molecule has 2 bridgehead atoms.